The molecule has 0 aliphatic rings. The van der Waals surface area contributed by atoms with Crippen LogP contribution in [-0.2, 0) is 20.7 Å². The highest BCUT2D eigenvalue weighted by molar-refractivity contribution is 7.97. The Morgan fingerprint density at radius 1 is 1.09 bits per heavy atom. The second kappa shape index (κ2) is 13.6. The Morgan fingerprint density at radius 2 is 1.76 bits per heavy atom. The van der Waals surface area contributed by atoms with Gasteiger partial charge in [-0.05, 0) is 72.7 Å². The molecule has 0 radical (unpaired) electrons. The number of methoxy groups -OCH3 is 1. The molecule has 0 spiro atoms. The lowest BCUT2D eigenvalue weighted by Gasteiger charge is -2.23. The summed E-state index contributed by atoms with van der Waals surface area (Å²) >= 11 is 1.22. The number of rotatable bonds is 13. The van der Waals surface area contributed by atoms with Crippen LogP contribution in [0.2, 0.25) is 0 Å². The number of esters is 1. The number of amides is 1. The molecule has 6 nitrogen and oxygen atoms in total. The maximum absolute atomic E-state index is 13.2. The monoisotopic (exact) mass is 474 g/mol. The molecule has 0 aliphatic carbocycles. The fourth-order valence-electron chi connectivity index (χ4n) is 3.04. The lowest BCUT2D eigenvalue weighted by atomic mass is 10.0. The normalized spacial score (nSPS) is 12.6. The summed E-state index contributed by atoms with van der Waals surface area (Å²) in [4.78, 5) is 26.1. The fourth-order valence-corrected chi connectivity index (χ4v) is 3.78. The molecule has 0 aromatic heterocycles. The van der Waals surface area contributed by atoms with Crippen molar-refractivity contribution in [3.63, 3.8) is 0 Å². The summed E-state index contributed by atoms with van der Waals surface area (Å²) in [5.74, 6) is -0.242. The summed E-state index contributed by atoms with van der Waals surface area (Å²) in [5, 5.41) is 2.82. The number of hydrogen-bond acceptors (Lipinski definition) is 6. The van der Waals surface area contributed by atoms with Gasteiger partial charge in [-0.1, -0.05) is 38.6 Å². The Labute approximate surface area is 199 Å². The molecule has 0 heterocycles. The zero-order chi connectivity index (χ0) is 24.2. The molecular formula is C25H31FN2O4S. The van der Waals surface area contributed by atoms with E-state index in [0.29, 0.717) is 25.2 Å². The molecule has 0 fully saturated rings. The van der Waals surface area contributed by atoms with Crippen LogP contribution in [-0.4, -0.2) is 37.7 Å². The minimum Gasteiger partial charge on any atom is -0.490 e. The van der Waals surface area contributed by atoms with Gasteiger partial charge in [0.2, 0.25) is 5.91 Å². The Hall–Kier alpha value is -2.84. The van der Waals surface area contributed by atoms with Crippen molar-refractivity contribution in [1.29, 1.82) is 0 Å². The van der Waals surface area contributed by atoms with E-state index in [1.165, 1.54) is 31.2 Å². The van der Waals surface area contributed by atoms with Crippen LogP contribution in [0.3, 0.4) is 0 Å². The minimum absolute atomic E-state index is 0.192. The molecule has 2 aromatic rings. The van der Waals surface area contributed by atoms with Crippen LogP contribution >= 0.6 is 11.9 Å². The van der Waals surface area contributed by atoms with Crippen molar-refractivity contribution in [2.75, 3.05) is 13.7 Å². The topological polar surface area (TPSA) is 76.7 Å². The van der Waals surface area contributed by atoms with Gasteiger partial charge in [0.1, 0.15) is 30.3 Å². The zero-order valence-corrected chi connectivity index (χ0v) is 20.0. The van der Waals surface area contributed by atoms with Gasteiger partial charge in [0.15, 0.2) is 0 Å². The third kappa shape index (κ3) is 9.27. The Morgan fingerprint density at radius 3 is 2.33 bits per heavy atom. The van der Waals surface area contributed by atoms with Crippen molar-refractivity contribution in [3.8, 4) is 5.75 Å². The molecule has 0 aliphatic heterocycles. The van der Waals surface area contributed by atoms with Crippen molar-refractivity contribution in [2.45, 2.75) is 43.7 Å². The quantitative estimate of drug-likeness (QED) is 0.256. The van der Waals surface area contributed by atoms with Gasteiger partial charge in [-0.25, -0.2) is 13.9 Å². The Balaban J connectivity index is 2.15. The van der Waals surface area contributed by atoms with E-state index in [-0.39, 0.29) is 17.6 Å². The van der Waals surface area contributed by atoms with Gasteiger partial charge in [0, 0.05) is 4.90 Å². The van der Waals surface area contributed by atoms with Crippen LogP contribution < -0.4 is 14.8 Å². The number of carbonyl (C=O) groups excluding carboxylic acids is 2. The third-order valence-electron chi connectivity index (χ3n) is 4.69. The molecule has 2 aromatic carbocycles. The number of benzene rings is 2. The van der Waals surface area contributed by atoms with E-state index in [1.54, 1.807) is 18.2 Å². The van der Waals surface area contributed by atoms with Crippen molar-refractivity contribution in [1.82, 2.24) is 10.0 Å². The predicted molar refractivity (Wildman–Crippen MR) is 128 cm³/mol. The lowest BCUT2D eigenvalue weighted by Crippen LogP contribution is -2.50. The van der Waals surface area contributed by atoms with Crippen molar-refractivity contribution in [3.05, 3.63) is 72.6 Å². The summed E-state index contributed by atoms with van der Waals surface area (Å²) in [6.45, 7) is 7.98. The maximum Gasteiger partial charge on any atom is 0.328 e. The SMILES string of the molecule is C=CCOc1ccc(C[C@H](NSc2ccc(F)cc2)C(=O)NC(CC(C)C)C(=O)OC)cc1. The van der Waals surface area contributed by atoms with E-state index < -0.39 is 18.1 Å². The first-order chi connectivity index (χ1) is 15.8. The smallest absolute Gasteiger partial charge is 0.328 e. The molecule has 2 N–H and O–H groups in total. The number of hydrogen-bond donors (Lipinski definition) is 2. The van der Waals surface area contributed by atoms with E-state index in [9.17, 15) is 14.0 Å². The van der Waals surface area contributed by atoms with Gasteiger partial charge in [0.05, 0.1) is 7.11 Å². The summed E-state index contributed by atoms with van der Waals surface area (Å²) < 4.78 is 26.7. The summed E-state index contributed by atoms with van der Waals surface area (Å²) in [6.07, 6.45) is 2.50. The van der Waals surface area contributed by atoms with Crippen LogP contribution in [0.25, 0.3) is 0 Å². The van der Waals surface area contributed by atoms with Gasteiger partial charge < -0.3 is 14.8 Å². The van der Waals surface area contributed by atoms with Crippen LogP contribution in [0.4, 0.5) is 4.39 Å². The van der Waals surface area contributed by atoms with E-state index in [2.05, 4.69) is 16.6 Å². The first-order valence-corrected chi connectivity index (χ1v) is 11.5. The standard InChI is InChI=1S/C25H31FN2O4S/c1-5-14-32-20-10-6-18(7-11-20)16-22(28-33-21-12-8-19(26)9-13-21)24(29)27-23(15-17(2)3)25(30)31-4/h5-13,17,22-23,28H,1,14-16H2,2-4H3,(H,27,29)/t22-,23?/m0/s1. The Kier molecular flexibility index (Phi) is 10.9. The van der Waals surface area contributed by atoms with E-state index >= 15 is 0 Å². The van der Waals surface area contributed by atoms with Crippen molar-refractivity contribution < 1.29 is 23.5 Å². The summed E-state index contributed by atoms with van der Waals surface area (Å²) in [7, 11) is 1.30. The van der Waals surface area contributed by atoms with E-state index in [4.69, 9.17) is 9.47 Å². The van der Waals surface area contributed by atoms with Gasteiger partial charge in [-0.3, -0.25) is 4.79 Å². The molecule has 1 amide bonds. The third-order valence-corrected chi connectivity index (χ3v) is 5.60. The minimum atomic E-state index is -0.739. The zero-order valence-electron chi connectivity index (χ0n) is 19.2. The molecule has 8 heteroatoms. The average molecular weight is 475 g/mol. The number of nitrogens with one attached hydrogen (secondary N) is 2. The largest absolute Gasteiger partial charge is 0.490 e. The molecule has 33 heavy (non-hydrogen) atoms. The highest BCUT2D eigenvalue weighted by Gasteiger charge is 2.27. The van der Waals surface area contributed by atoms with Crippen molar-refractivity contribution >= 4 is 23.8 Å². The predicted octanol–water partition coefficient (Wildman–Crippen LogP) is 4.30. The molecule has 178 valence electrons. The fraction of sp³-hybridized carbons (Fsp3) is 0.360. The van der Waals surface area contributed by atoms with Crippen LogP contribution in [0.15, 0.2) is 66.1 Å². The van der Waals surface area contributed by atoms with Gasteiger partial charge in [-0.15, -0.1) is 0 Å². The molecule has 2 rings (SSSR count). The van der Waals surface area contributed by atoms with E-state index in [0.717, 1.165) is 10.5 Å². The maximum atomic E-state index is 13.2. The van der Waals surface area contributed by atoms with Gasteiger partial charge in [0.25, 0.3) is 0 Å². The molecule has 1 unspecified atom stereocenters. The second-order valence-corrected chi connectivity index (χ2v) is 8.80. The van der Waals surface area contributed by atoms with Gasteiger partial charge in [-0.2, -0.15) is 0 Å². The number of carbonyl (C=O) groups is 2. The first kappa shape index (κ1) is 26.4. The van der Waals surface area contributed by atoms with Crippen molar-refractivity contribution in [2.24, 2.45) is 5.92 Å². The molecule has 0 saturated heterocycles. The molecule has 0 saturated carbocycles. The van der Waals surface area contributed by atoms with Crippen LogP contribution in [0.1, 0.15) is 25.8 Å². The summed E-state index contributed by atoms with van der Waals surface area (Å²) in [5.41, 5.74) is 0.909. The first-order valence-electron chi connectivity index (χ1n) is 10.7. The van der Waals surface area contributed by atoms with Crippen LogP contribution in [0, 0.1) is 11.7 Å². The van der Waals surface area contributed by atoms with E-state index in [1.807, 2.05) is 38.1 Å². The highest BCUT2D eigenvalue weighted by Crippen LogP contribution is 2.19. The van der Waals surface area contributed by atoms with Crippen LogP contribution in [0.5, 0.6) is 5.75 Å². The summed E-state index contributed by atoms with van der Waals surface area (Å²) in [6, 6.07) is 12.0. The molecule has 0 bridgehead atoms. The second-order valence-electron chi connectivity index (χ2n) is 7.89. The lowest BCUT2D eigenvalue weighted by molar-refractivity contribution is -0.145. The number of ether oxygens (including phenoxy) is 2. The number of halogens is 1. The average Bonchev–Trinajstić information content (AvgIpc) is 2.80. The van der Waals surface area contributed by atoms with Gasteiger partial charge >= 0.3 is 5.97 Å². The Bertz CT molecular complexity index is 904. The molecule has 2 atom stereocenters. The molecular weight excluding hydrogens is 443 g/mol. The highest BCUT2D eigenvalue weighted by atomic mass is 32.2.